The zero-order valence-electron chi connectivity index (χ0n) is 14.8. The molecule has 0 radical (unpaired) electrons. The molecular weight excluding hydrogens is 354 g/mol. The molecule has 142 valence electrons. The van der Waals surface area contributed by atoms with E-state index in [9.17, 15) is 13.2 Å². The van der Waals surface area contributed by atoms with Crippen LogP contribution in [-0.2, 0) is 19.6 Å². The molecule has 1 aromatic heterocycles. The molecular formula is C18H25N3O4S. The van der Waals surface area contributed by atoms with Gasteiger partial charge in [-0.2, -0.15) is 4.31 Å². The predicted molar refractivity (Wildman–Crippen MR) is 94.8 cm³/mol. The Bertz CT molecular complexity index is 745. The molecule has 1 saturated carbocycles. The third-order valence-electron chi connectivity index (χ3n) is 5.56. The van der Waals surface area contributed by atoms with Crippen molar-refractivity contribution in [2.75, 3.05) is 26.3 Å². The van der Waals surface area contributed by atoms with Gasteiger partial charge >= 0.3 is 0 Å². The molecule has 0 aromatic carbocycles. The number of aromatic nitrogens is 1. The number of rotatable bonds is 5. The highest BCUT2D eigenvalue weighted by atomic mass is 32.2. The maximum absolute atomic E-state index is 12.9. The van der Waals surface area contributed by atoms with E-state index in [-0.39, 0.29) is 28.8 Å². The molecule has 7 nitrogen and oxygen atoms in total. The molecule has 3 heterocycles. The van der Waals surface area contributed by atoms with E-state index in [1.165, 1.54) is 10.5 Å². The maximum Gasteiger partial charge on any atom is 0.244 e. The Hall–Kier alpha value is -1.51. The maximum atomic E-state index is 12.9. The van der Waals surface area contributed by atoms with Crippen molar-refractivity contribution >= 4 is 15.9 Å². The number of hydrogen-bond donors (Lipinski definition) is 0. The summed E-state index contributed by atoms with van der Waals surface area (Å²) in [6.07, 6.45) is 7.23. The smallest absolute Gasteiger partial charge is 0.244 e. The largest absolute Gasteiger partial charge is 0.381 e. The highest BCUT2D eigenvalue weighted by Gasteiger charge is 2.43. The minimum Gasteiger partial charge on any atom is -0.381 e. The fraction of sp³-hybridized carbons (Fsp3) is 0.667. The van der Waals surface area contributed by atoms with Crippen LogP contribution < -0.4 is 0 Å². The van der Waals surface area contributed by atoms with Crippen LogP contribution in [0.1, 0.15) is 32.1 Å². The van der Waals surface area contributed by atoms with Gasteiger partial charge < -0.3 is 9.64 Å². The number of nitrogens with zero attached hydrogens (tertiary/aromatic N) is 3. The van der Waals surface area contributed by atoms with Crippen LogP contribution in [0.5, 0.6) is 0 Å². The highest BCUT2D eigenvalue weighted by molar-refractivity contribution is 7.89. The van der Waals surface area contributed by atoms with Gasteiger partial charge in [-0.3, -0.25) is 9.78 Å². The summed E-state index contributed by atoms with van der Waals surface area (Å²) < 4.78 is 32.7. The Balaban J connectivity index is 1.52. The second kappa shape index (κ2) is 7.25. The van der Waals surface area contributed by atoms with Gasteiger partial charge in [0.05, 0.1) is 0 Å². The van der Waals surface area contributed by atoms with Gasteiger partial charge in [-0.05, 0) is 44.2 Å². The first-order valence-corrected chi connectivity index (χ1v) is 10.8. The average molecular weight is 379 g/mol. The number of carbonyl (C=O) groups is 1. The van der Waals surface area contributed by atoms with Crippen LogP contribution >= 0.6 is 0 Å². The highest BCUT2D eigenvalue weighted by Crippen LogP contribution is 2.35. The van der Waals surface area contributed by atoms with Gasteiger partial charge in [-0.25, -0.2) is 8.42 Å². The first-order valence-electron chi connectivity index (χ1n) is 9.37. The van der Waals surface area contributed by atoms with E-state index in [1.54, 1.807) is 18.3 Å². The molecule has 1 amide bonds. The van der Waals surface area contributed by atoms with Gasteiger partial charge in [0, 0.05) is 56.7 Å². The zero-order chi connectivity index (χ0) is 18.1. The molecule has 0 bridgehead atoms. The van der Waals surface area contributed by atoms with Crippen molar-refractivity contribution < 1.29 is 17.9 Å². The van der Waals surface area contributed by atoms with Crippen molar-refractivity contribution in [3.63, 3.8) is 0 Å². The first kappa shape index (κ1) is 17.9. The monoisotopic (exact) mass is 379 g/mol. The van der Waals surface area contributed by atoms with Crippen LogP contribution in [0.25, 0.3) is 0 Å². The third-order valence-corrected chi connectivity index (χ3v) is 7.41. The Morgan fingerprint density at radius 2 is 1.92 bits per heavy atom. The lowest BCUT2D eigenvalue weighted by atomic mass is 10.0. The van der Waals surface area contributed by atoms with E-state index in [4.69, 9.17) is 4.74 Å². The number of hydrogen-bond acceptors (Lipinski definition) is 5. The van der Waals surface area contributed by atoms with E-state index >= 15 is 0 Å². The standard InChI is InChI=1S/C18H25N3O4S/c22-18(14-3-4-14)21(15-6-10-25-11-7-15)16-5-9-20(13-16)26(23,24)17-2-1-8-19-12-17/h1-2,8,12,14-16H,3-7,9-11,13H2. The molecule has 0 N–H and O–H groups in total. The minimum absolute atomic E-state index is 0.0438. The van der Waals surface area contributed by atoms with Crippen molar-refractivity contribution in [3.05, 3.63) is 24.5 Å². The van der Waals surface area contributed by atoms with Crippen LogP contribution in [0, 0.1) is 5.92 Å². The molecule has 1 aliphatic carbocycles. The number of amides is 1. The lowest BCUT2D eigenvalue weighted by molar-refractivity contribution is -0.139. The Labute approximate surface area is 154 Å². The second-order valence-corrected chi connectivity index (χ2v) is 9.30. The summed E-state index contributed by atoms with van der Waals surface area (Å²) in [7, 11) is -3.56. The third kappa shape index (κ3) is 3.50. The summed E-state index contributed by atoms with van der Waals surface area (Å²) >= 11 is 0. The molecule has 8 heteroatoms. The summed E-state index contributed by atoms with van der Waals surface area (Å²) in [4.78, 5) is 19.1. The van der Waals surface area contributed by atoms with Crippen molar-refractivity contribution in [3.8, 4) is 0 Å². The fourth-order valence-corrected chi connectivity index (χ4v) is 5.42. The molecule has 1 unspecified atom stereocenters. The van der Waals surface area contributed by atoms with Crippen molar-refractivity contribution in [2.24, 2.45) is 5.92 Å². The summed E-state index contributed by atoms with van der Waals surface area (Å²) in [5.74, 6) is 0.351. The molecule has 3 fully saturated rings. The van der Waals surface area contributed by atoms with Gasteiger partial charge in [0.15, 0.2) is 0 Å². The Kier molecular flexibility index (Phi) is 4.98. The summed E-state index contributed by atoms with van der Waals surface area (Å²) in [5, 5.41) is 0. The van der Waals surface area contributed by atoms with Crippen LogP contribution in [0.15, 0.2) is 29.4 Å². The normalized spacial score (nSPS) is 25.3. The van der Waals surface area contributed by atoms with Gasteiger partial charge in [0.2, 0.25) is 15.9 Å². The van der Waals surface area contributed by atoms with Crippen LogP contribution in [-0.4, -0.2) is 66.9 Å². The van der Waals surface area contributed by atoms with E-state index in [0.29, 0.717) is 32.7 Å². The van der Waals surface area contributed by atoms with Crippen molar-refractivity contribution in [2.45, 2.75) is 49.1 Å². The van der Waals surface area contributed by atoms with Gasteiger partial charge in [-0.15, -0.1) is 0 Å². The van der Waals surface area contributed by atoms with Crippen LogP contribution in [0.4, 0.5) is 0 Å². The predicted octanol–water partition coefficient (Wildman–Crippen LogP) is 1.26. The molecule has 2 saturated heterocycles. The quantitative estimate of drug-likeness (QED) is 0.770. The van der Waals surface area contributed by atoms with Gasteiger partial charge in [0.1, 0.15) is 4.90 Å². The van der Waals surface area contributed by atoms with E-state index < -0.39 is 10.0 Å². The molecule has 1 aromatic rings. The average Bonchev–Trinajstić information content (AvgIpc) is 3.41. The van der Waals surface area contributed by atoms with Gasteiger partial charge in [0.25, 0.3) is 0 Å². The van der Waals surface area contributed by atoms with E-state index in [1.807, 2.05) is 4.90 Å². The number of ether oxygens (including phenoxy) is 1. The van der Waals surface area contributed by atoms with E-state index in [0.717, 1.165) is 25.7 Å². The first-order chi connectivity index (χ1) is 12.6. The summed E-state index contributed by atoms with van der Waals surface area (Å²) in [6, 6.07) is 3.33. The zero-order valence-corrected chi connectivity index (χ0v) is 15.6. The van der Waals surface area contributed by atoms with Gasteiger partial charge in [-0.1, -0.05) is 0 Å². The minimum atomic E-state index is -3.56. The number of sulfonamides is 1. The van der Waals surface area contributed by atoms with Crippen molar-refractivity contribution in [1.29, 1.82) is 0 Å². The van der Waals surface area contributed by atoms with Crippen molar-refractivity contribution in [1.82, 2.24) is 14.2 Å². The second-order valence-electron chi connectivity index (χ2n) is 7.36. The van der Waals surface area contributed by atoms with Crippen LogP contribution in [0.2, 0.25) is 0 Å². The Morgan fingerprint density at radius 3 is 2.58 bits per heavy atom. The molecule has 3 aliphatic rings. The SMILES string of the molecule is O=C(C1CC1)N(C1CCOCC1)C1CCN(S(=O)(=O)c2cccnc2)C1. The topological polar surface area (TPSA) is 79.8 Å². The summed E-state index contributed by atoms with van der Waals surface area (Å²) in [5.41, 5.74) is 0. The number of carbonyl (C=O) groups excluding carboxylic acids is 1. The molecule has 26 heavy (non-hydrogen) atoms. The molecule has 2 aliphatic heterocycles. The summed E-state index contributed by atoms with van der Waals surface area (Å²) in [6.45, 7) is 2.15. The lowest BCUT2D eigenvalue weighted by Gasteiger charge is -2.38. The lowest BCUT2D eigenvalue weighted by Crippen LogP contribution is -2.51. The number of pyridine rings is 1. The fourth-order valence-electron chi connectivity index (χ4n) is 3.97. The van der Waals surface area contributed by atoms with E-state index in [2.05, 4.69) is 4.98 Å². The Morgan fingerprint density at radius 1 is 1.15 bits per heavy atom. The van der Waals surface area contributed by atoms with Crippen LogP contribution in [0.3, 0.4) is 0 Å². The molecule has 1 atom stereocenters. The molecule has 0 spiro atoms. The molecule has 4 rings (SSSR count).